The molecule has 0 spiro atoms. The second-order valence-electron chi connectivity index (χ2n) is 6.12. The van der Waals surface area contributed by atoms with Crippen molar-refractivity contribution in [1.82, 2.24) is 15.1 Å². The highest BCUT2D eigenvalue weighted by Gasteiger charge is 2.23. The van der Waals surface area contributed by atoms with Crippen molar-refractivity contribution in [3.63, 3.8) is 0 Å². The quantitative estimate of drug-likeness (QED) is 0.699. The number of rotatable bonds is 9. The third kappa shape index (κ3) is 6.59. The maximum absolute atomic E-state index is 11.9. The highest BCUT2D eigenvalue weighted by Crippen LogP contribution is 2.13. The summed E-state index contributed by atoms with van der Waals surface area (Å²) in [5, 5.41) is 2.87. The molecule has 3 amide bonds. The van der Waals surface area contributed by atoms with E-state index in [2.05, 4.69) is 5.32 Å². The average molecular weight is 325 g/mol. The maximum atomic E-state index is 11.9. The van der Waals surface area contributed by atoms with Crippen molar-refractivity contribution in [2.45, 2.75) is 65.3 Å². The molecule has 1 aliphatic rings. The SMILES string of the molecule is CCN(CC)C(=O)CCCC(=O)NC[C@H](C)N1CCCCC1=O. The van der Waals surface area contributed by atoms with Crippen LogP contribution >= 0.6 is 0 Å². The van der Waals surface area contributed by atoms with Gasteiger partial charge in [-0.25, -0.2) is 0 Å². The number of nitrogens with one attached hydrogen (secondary N) is 1. The second-order valence-corrected chi connectivity index (χ2v) is 6.12. The fraction of sp³-hybridized carbons (Fsp3) is 0.824. The zero-order chi connectivity index (χ0) is 17.2. The number of hydrogen-bond donors (Lipinski definition) is 1. The van der Waals surface area contributed by atoms with E-state index < -0.39 is 0 Å². The zero-order valence-electron chi connectivity index (χ0n) is 14.8. The molecule has 1 rings (SSSR count). The summed E-state index contributed by atoms with van der Waals surface area (Å²) in [6, 6.07) is 0.0315. The summed E-state index contributed by atoms with van der Waals surface area (Å²) < 4.78 is 0. The molecule has 6 heteroatoms. The van der Waals surface area contributed by atoms with Crippen molar-refractivity contribution in [3.8, 4) is 0 Å². The normalized spacial score (nSPS) is 16.1. The van der Waals surface area contributed by atoms with Crippen LogP contribution in [0.25, 0.3) is 0 Å². The van der Waals surface area contributed by atoms with E-state index in [0.29, 0.717) is 45.3 Å². The van der Waals surface area contributed by atoms with Crippen LogP contribution in [-0.2, 0) is 14.4 Å². The van der Waals surface area contributed by atoms with Gasteiger partial charge in [0.25, 0.3) is 0 Å². The maximum Gasteiger partial charge on any atom is 0.222 e. The minimum absolute atomic E-state index is 0.0315. The van der Waals surface area contributed by atoms with Gasteiger partial charge < -0.3 is 15.1 Å². The van der Waals surface area contributed by atoms with E-state index in [-0.39, 0.29) is 23.8 Å². The van der Waals surface area contributed by atoms with Crippen molar-refractivity contribution in [2.24, 2.45) is 0 Å². The Morgan fingerprint density at radius 1 is 1.22 bits per heavy atom. The van der Waals surface area contributed by atoms with Gasteiger partial charge in [-0.1, -0.05) is 0 Å². The first-order valence-electron chi connectivity index (χ1n) is 8.83. The number of piperidine rings is 1. The van der Waals surface area contributed by atoms with Crippen molar-refractivity contribution in [3.05, 3.63) is 0 Å². The number of nitrogens with zero attached hydrogens (tertiary/aromatic N) is 2. The number of amides is 3. The Bertz CT molecular complexity index is 408. The van der Waals surface area contributed by atoms with Crippen LogP contribution in [0.3, 0.4) is 0 Å². The highest BCUT2D eigenvalue weighted by atomic mass is 16.2. The van der Waals surface area contributed by atoms with E-state index in [1.165, 1.54) is 0 Å². The van der Waals surface area contributed by atoms with Crippen molar-refractivity contribution in [1.29, 1.82) is 0 Å². The molecular formula is C17H31N3O3. The standard InChI is InChI=1S/C17H31N3O3/c1-4-19(5-2)16(22)11-8-9-15(21)18-13-14(3)20-12-7-6-10-17(20)23/h14H,4-13H2,1-3H3,(H,18,21)/t14-/m0/s1. The lowest BCUT2D eigenvalue weighted by Crippen LogP contribution is -2.47. The van der Waals surface area contributed by atoms with E-state index >= 15 is 0 Å². The molecule has 0 aromatic rings. The van der Waals surface area contributed by atoms with Gasteiger partial charge >= 0.3 is 0 Å². The van der Waals surface area contributed by atoms with Crippen molar-refractivity contribution in [2.75, 3.05) is 26.2 Å². The smallest absolute Gasteiger partial charge is 0.222 e. The van der Waals surface area contributed by atoms with Gasteiger partial charge in [-0.3, -0.25) is 14.4 Å². The third-order valence-electron chi connectivity index (χ3n) is 4.40. The number of likely N-dealkylation sites (tertiary alicyclic amines) is 1. The molecule has 1 aliphatic heterocycles. The largest absolute Gasteiger partial charge is 0.354 e. The zero-order valence-corrected chi connectivity index (χ0v) is 14.8. The molecule has 1 fully saturated rings. The molecule has 0 unspecified atom stereocenters. The van der Waals surface area contributed by atoms with Gasteiger partial charge in [-0.05, 0) is 40.0 Å². The molecule has 1 N–H and O–H groups in total. The minimum Gasteiger partial charge on any atom is -0.354 e. The van der Waals surface area contributed by atoms with E-state index in [9.17, 15) is 14.4 Å². The molecule has 0 bridgehead atoms. The molecule has 1 atom stereocenters. The van der Waals surface area contributed by atoms with Gasteiger partial charge in [0.1, 0.15) is 0 Å². The van der Waals surface area contributed by atoms with Crippen LogP contribution in [0.4, 0.5) is 0 Å². The first-order valence-corrected chi connectivity index (χ1v) is 8.83. The Morgan fingerprint density at radius 3 is 2.52 bits per heavy atom. The first-order chi connectivity index (χ1) is 11.0. The molecule has 1 saturated heterocycles. The van der Waals surface area contributed by atoms with Crippen molar-refractivity contribution >= 4 is 17.7 Å². The third-order valence-corrected chi connectivity index (χ3v) is 4.40. The molecule has 1 heterocycles. The van der Waals surface area contributed by atoms with E-state index in [0.717, 1.165) is 19.4 Å². The Morgan fingerprint density at radius 2 is 1.91 bits per heavy atom. The summed E-state index contributed by atoms with van der Waals surface area (Å²) in [5.74, 6) is 0.242. The Hall–Kier alpha value is -1.59. The topological polar surface area (TPSA) is 69.7 Å². The number of hydrogen-bond acceptors (Lipinski definition) is 3. The predicted molar refractivity (Wildman–Crippen MR) is 89.8 cm³/mol. The first kappa shape index (κ1) is 19.5. The average Bonchev–Trinajstić information content (AvgIpc) is 2.54. The lowest BCUT2D eigenvalue weighted by atomic mass is 10.1. The van der Waals surface area contributed by atoms with Crippen LogP contribution in [0, 0.1) is 0 Å². The van der Waals surface area contributed by atoms with Crippen LogP contribution in [0.15, 0.2) is 0 Å². The van der Waals surface area contributed by atoms with Crippen LogP contribution in [0.2, 0.25) is 0 Å². The summed E-state index contributed by atoms with van der Waals surface area (Å²) in [7, 11) is 0. The minimum atomic E-state index is -0.0475. The van der Waals surface area contributed by atoms with Gasteiger partial charge in [-0.15, -0.1) is 0 Å². The molecule has 23 heavy (non-hydrogen) atoms. The van der Waals surface area contributed by atoms with Crippen LogP contribution in [0.1, 0.15) is 59.3 Å². The monoisotopic (exact) mass is 325 g/mol. The number of carbonyl (C=O) groups excluding carboxylic acids is 3. The molecular weight excluding hydrogens is 294 g/mol. The van der Waals surface area contributed by atoms with E-state index in [4.69, 9.17) is 0 Å². The summed E-state index contributed by atoms with van der Waals surface area (Å²) in [6.45, 7) is 8.57. The van der Waals surface area contributed by atoms with Crippen LogP contribution < -0.4 is 5.32 Å². The molecule has 0 saturated carbocycles. The number of carbonyl (C=O) groups is 3. The Labute approximate surface area is 139 Å². The Balaban J connectivity index is 2.21. The predicted octanol–water partition coefficient (Wildman–Crippen LogP) is 1.54. The summed E-state index contributed by atoms with van der Waals surface area (Å²) in [4.78, 5) is 39.2. The van der Waals surface area contributed by atoms with Crippen LogP contribution in [-0.4, -0.2) is 59.7 Å². The highest BCUT2D eigenvalue weighted by molar-refractivity contribution is 5.79. The molecule has 0 aromatic carbocycles. The molecule has 0 aliphatic carbocycles. The summed E-state index contributed by atoms with van der Waals surface area (Å²) >= 11 is 0. The van der Waals surface area contributed by atoms with E-state index in [1.807, 2.05) is 25.7 Å². The Kier molecular flexibility index (Phi) is 8.66. The summed E-state index contributed by atoms with van der Waals surface area (Å²) in [6.07, 6.45) is 3.96. The fourth-order valence-corrected chi connectivity index (χ4v) is 2.89. The van der Waals surface area contributed by atoms with Crippen LogP contribution in [0.5, 0.6) is 0 Å². The second kappa shape index (κ2) is 10.2. The fourth-order valence-electron chi connectivity index (χ4n) is 2.89. The molecule has 132 valence electrons. The van der Waals surface area contributed by atoms with Gasteiger partial charge in [0.2, 0.25) is 17.7 Å². The van der Waals surface area contributed by atoms with Gasteiger partial charge in [0.15, 0.2) is 0 Å². The summed E-state index contributed by atoms with van der Waals surface area (Å²) in [5.41, 5.74) is 0. The van der Waals surface area contributed by atoms with Crippen molar-refractivity contribution < 1.29 is 14.4 Å². The van der Waals surface area contributed by atoms with Gasteiger partial charge in [0, 0.05) is 51.5 Å². The van der Waals surface area contributed by atoms with Gasteiger partial charge in [0.05, 0.1) is 0 Å². The van der Waals surface area contributed by atoms with E-state index in [1.54, 1.807) is 4.90 Å². The molecule has 0 radical (unpaired) electrons. The van der Waals surface area contributed by atoms with Gasteiger partial charge in [-0.2, -0.15) is 0 Å². The lowest BCUT2D eigenvalue weighted by Gasteiger charge is -2.32. The molecule has 6 nitrogen and oxygen atoms in total. The lowest BCUT2D eigenvalue weighted by molar-refractivity contribution is -0.136. The molecule has 0 aromatic heterocycles.